The van der Waals surface area contributed by atoms with Crippen molar-refractivity contribution in [2.75, 3.05) is 0 Å². The van der Waals surface area contributed by atoms with Gasteiger partial charge in [0.25, 0.3) is 0 Å². The average molecular weight is 212 g/mol. The fourth-order valence-electron chi connectivity index (χ4n) is 1.12. The molecule has 0 aromatic heterocycles. The molecule has 14 heavy (non-hydrogen) atoms. The van der Waals surface area contributed by atoms with E-state index < -0.39 is 30.3 Å². The predicted octanol–water partition coefficient (Wildman–Crippen LogP) is 2.01. The lowest BCUT2D eigenvalue weighted by molar-refractivity contribution is -0.177. The minimum absolute atomic E-state index is 0.0509. The first kappa shape index (κ1) is 12.9. The number of carboxylic acids is 1. The van der Waals surface area contributed by atoms with Crippen molar-refractivity contribution in [1.29, 1.82) is 0 Å². The predicted molar refractivity (Wildman–Crippen MR) is 41.7 cm³/mol. The Morgan fingerprint density at radius 2 is 1.86 bits per heavy atom. The van der Waals surface area contributed by atoms with Gasteiger partial charge in [0, 0.05) is 5.92 Å². The fraction of sp³-hybridized carbons (Fsp3) is 0.750. The molecule has 0 aromatic carbocycles. The molecule has 0 spiro atoms. The van der Waals surface area contributed by atoms with Crippen LogP contribution in [-0.2, 0) is 9.59 Å². The van der Waals surface area contributed by atoms with E-state index in [2.05, 4.69) is 0 Å². The normalized spacial score (nSPS) is 13.7. The highest BCUT2D eigenvalue weighted by molar-refractivity contribution is 5.89. The van der Waals surface area contributed by atoms with Crippen molar-refractivity contribution in [2.45, 2.75) is 32.4 Å². The van der Waals surface area contributed by atoms with Crippen LogP contribution in [0.25, 0.3) is 0 Å². The summed E-state index contributed by atoms with van der Waals surface area (Å²) >= 11 is 0. The van der Waals surface area contributed by atoms with E-state index in [1.807, 2.05) is 0 Å². The van der Waals surface area contributed by atoms with Gasteiger partial charge in [-0.1, -0.05) is 13.3 Å². The van der Waals surface area contributed by atoms with Crippen LogP contribution in [0.2, 0.25) is 0 Å². The second kappa shape index (κ2) is 4.97. The van der Waals surface area contributed by atoms with E-state index >= 15 is 0 Å². The molecular weight excluding hydrogens is 201 g/mol. The van der Waals surface area contributed by atoms with Crippen molar-refractivity contribution in [3.8, 4) is 0 Å². The van der Waals surface area contributed by atoms with Crippen molar-refractivity contribution in [3.05, 3.63) is 0 Å². The molecule has 0 aliphatic heterocycles. The maximum atomic E-state index is 11.9. The number of rotatable bonds is 5. The molecule has 0 heterocycles. The molecule has 82 valence electrons. The highest BCUT2D eigenvalue weighted by atomic mass is 19.4. The molecule has 6 heteroatoms. The van der Waals surface area contributed by atoms with Crippen LogP contribution in [0.5, 0.6) is 0 Å². The number of aliphatic carboxylic acids is 1. The van der Waals surface area contributed by atoms with Gasteiger partial charge in [0.05, 0.1) is 6.42 Å². The smallest absolute Gasteiger partial charge is 0.450 e. The van der Waals surface area contributed by atoms with Gasteiger partial charge >= 0.3 is 12.1 Å². The molecule has 0 radical (unpaired) electrons. The third kappa shape index (κ3) is 4.25. The van der Waals surface area contributed by atoms with Crippen LogP contribution in [0.3, 0.4) is 0 Å². The van der Waals surface area contributed by atoms with Crippen LogP contribution in [0.15, 0.2) is 0 Å². The van der Waals surface area contributed by atoms with Gasteiger partial charge in [-0.25, -0.2) is 0 Å². The number of carboxylic acid groups (broad SMARTS) is 1. The molecule has 1 unspecified atom stereocenters. The van der Waals surface area contributed by atoms with E-state index in [1.54, 1.807) is 6.92 Å². The largest absolute Gasteiger partial charge is 0.481 e. The Balaban J connectivity index is 4.49. The number of alkyl halides is 3. The van der Waals surface area contributed by atoms with E-state index in [0.717, 1.165) is 0 Å². The lowest BCUT2D eigenvalue weighted by Crippen LogP contribution is -2.31. The maximum Gasteiger partial charge on any atom is 0.450 e. The minimum atomic E-state index is -4.94. The van der Waals surface area contributed by atoms with E-state index in [9.17, 15) is 22.8 Å². The number of carbonyl (C=O) groups is 2. The van der Waals surface area contributed by atoms with Gasteiger partial charge in [-0.05, 0) is 6.42 Å². The summed E-state index contributed by atoms with van der Waals surface area (Å²) in [5.41, 5.74) is 0. The van der Waals surface area contributed by atoms with E-state index in [0.29, 0.717) is 6.42 Å². The van der Waals surface area contributed by atoms with Crippen molar-refractivity contribution < 1.29 is 27.9 Å². The molecule has 1 atom stereocenters. The van der Waals surface area contributed by atoms with Crippen molar-refractivity contribution in [2.24, 2.45) is 5.92 Å². The Kier molecular flexibility index (Phi) is 4.59. The van der Waals surface area contributed by atoms with Crippen LogP contribution in [-0.4, -0.2) is 23.0 Å². The molecule has 0 aliphatic carbocycles. The van der Waals surface area contributed by atoms with Crippen LogP contribution in [0, 0.1) is 5.92 Å². The van der Waals surface area contributed by atoms with Crippen LogP contribution in [0.4, 0.5) is 13.2 Å². The monoisotopic (exact) mass is 212 g/mol. The summed E-state index contributed by atoms with van der Waals surface area (Å²) in [6.45, 7) is 1.60. The zero-order valence-corrected chi connectivity index (χ0v) is 7.60. The number of hydrogen-bond acceptors (Lipinski definition) is 2. The molecule has 0 saturated carbocycles. The SMILES string of the molecule is CCCC(CC(=O)O)C(=O)C(F)(F)F. The Labute approximate surface area is 78.9 Å². The first-order chi connectivity index (χ1) is 6.29. The third-order valence-corrected chi connectivity index (χ3v) is 1.71. The summed E-state index contributed by atoms with van der Waals surface area (Å²) in [6.07, 6.45) is -5.40. The summed E-state index contributed by atoms with van der Waals surface area (Å²) in [7, 11) is 0. The summed E-state index contributed by atoms with van der Waals surface area (Å²) in [4.78, 5) is 20.9. The molecule has 1 N–H and O–H groups in total. The molecule has 0 bridgehead atoms. The van der Waals surface area contributed by atoms with Crippen molar-refractivity contribution >= 4 is 11.8 Å². The second-order valence-electron chi connectivity index (χ2n) is 2.95. The number of halogens is 3. The molecule has 0 saturated heterocycles. The number of hydrogen-bond donors (Lipinski definition) is 1. The molecule has 0 fully saturated rings. The molecule has 0 rings (SSSR count). The van der Waals surface area contributed by atoms with E-state index in [1.165, 1.54) is 0 Å². The standard InChI is InChI=1S/C8H11F3O3/c1-2-3-5(4-6(12)13)7(14)8(9,10)11/h5H,2-4H2,1H3,(H,12,13). The van der Waals surface area contributed by atoms with Crippen LogP contribution in [0.1, 0.15) is 26.2 Å². The lowest BCUT2D eigenvalue weighted by atomic mass is 9.95. The zero-order chi connectivity index (χ0) is 11.4. The first-order valence-corrected chi connectivity index (χ1v) is 4.11. The number of ketones is 1. The van der Waals surface area contributed by atoms with Crippen molar-refractivity contribution in [1.82, 2.24) is 0 Å². The van der Waals surface area contributed by atoms with Gasteiger partial charge < -0.3 is 5.11 Å². The zero-order valence-electron chi connectivity index (χ0n) is 7.60. The summed E-state index contributed by atoms with van der Waals surface area (Å²) < 4.78 is 35.8. The Bertz CT molecular complexity index is 222. The number of Topliss-reactive ketones (excluding diaryl/α,β-unsaturated/α-hetero) is 1. The molecule has 3 nitrogen and oxygen atoms in total. The number of carbonyl (C=O) groups excluding carboxylic acids is 1. The summed E-state index contributed by atoms with van der Waals surface area (Å²) in [5.74, 6) is -4.78. The highest BCUT2D eigenvalue weighted by Crippen LogP contribution is 2.25. The summed E-state index contributed by atoms with van der Waals surface area (Å²) in [6, 6.07) is 0. The van der Waals surface area contributed by atoms with Gasteiger partial charge in [0.1, 0.15) is 0 Å². The van der Waals surface area contributed by atoms with Crippen LogP contribution < -0.4 is 0 Å². The lowest BCUT2D eigenvalue weighted by Gasteiger charge is -2.14. The van der Waals surface area contributed by atoms with Gasteiger partial charge in [-0.2, -0.15) is 13.2 Å². The first-order valence-electron chi connectivity index (χ1n) is 4.11. The Morgan fingerprint density at radius 3 is 2.14 bits per heavy atom. The molecule has 0 aromatic rings. The van der Waals surface area contributed by atoms with Gasteiger partial charge in [-0.15, -0.1) is 0 Å². The Hall–Kier alpha value is -1.07. The van der Waals surface area contributed by atoms with E-state index in [-0.39, 0.29) is 6.42 Å². The minimum Gasteiger partial charge on any atom is -0.481 e. The average Bonchev–Trinajstić information content (AvgIpc) is 2.00. The van der Waals surface area contributed by atoms with Crippen molar-refractivity contribution in [3.63, 3.8) is 0 Å². The Morgan fingerprint density at radius 1 is 1.36 bits per heavy atom. The summed E-state index contributed by atoms with van der Waals surface area (Å²) in [5, 5.41) is 8.31. The van der Waals surface area contributed by atoms with Crippen LogP contribution >= 0.6 is 0 Å². The van der Waals surface area contributed by atoms with Gasteiger partial charge in [0.2, 0.25) is 5.78 Å². The van der Waals surface area contributed by atoms with E-state index in [4.69, 9.17) is 5.11 Å². The molecule has 0 aliphatic rings. The quantitative estimate of drug-likeness (QED) is 0.758. The second-order valence-corrected chi connectivity index (χ2v) is 2.95. The maximum absolute atomic E-state index is 11.9. The molecular formula is C8H11F3O3. The fourth-order valence-corrected chi connectivity index (χ4v) is 1.12. The van der Waals surface area contributed by atoms with Gasteiger partial charge in [0.15, 0.2) is 0 Å². The highest BCUT2D eigenvalue weighted by Gasteiger charge is 2.43. The topological polar surface area (TPSA) is 54.4 Å². The molecule has 0 amide bonds. The third-order valence-electron chi connectivity index (χ3n) is 1.71. The van der Waals surface area contributed by atoms with Gasteiger partial charge in [-0.3, -0.25) is 9.59 Å².